The summed E-state index contributed by atoms with van der Waals surface area (Å²) in [5.41, 5.74) is 0. The fourth-order valence-electron chi connectivity index (χ4n) is 4.06. The molecule has 0 aromatic rings. The Kier molecular flexibility index (Phi) is 45.9. The van der Waals surface area contributed by atoms with Crippen molar-refractivity contribution in [2.24, 2.45) is 17.8 Å². The first-order valence-electron chi connectivity index (χ1n) is 18.4. The van der Waals surface area contributed by atoms with Gasteiger partial charge < -0.3 is 29.7 Å². The third kappa shape index (κ3) is 52.2. The zero-order valence-corrected chi connectivity index (χ0v) is 37.3. The summed E-state index contributed by atoms with van der Waals surface area (Å²) in [7, 11) is 0. The second-order valence-electron chi connectivity index (χ2n) is 13.7. The van der Waals surface area contributed by atoms with Gasteiger partial charge in [0.15, 0.2) is 0 Å². The molecule has 0 aromatic heterocycles. The van der Waals surface area contributed by atoms with Gasteiger partial charge in [-0.1, -0.05) is 119 Å². The normalized spacial score (nSPS) is 12.5. The van der Waals surface area contributed by atoms with Crippen LogP contribution >= 0.6 is 37.9 Å². The zero-order chi connectivity index (χ0) is 38.6. The number of carboxylic acid groups (broad SMARTS) is 3. The third-order valence-corrected chi connectivity index (χ3v) is 9.30. The van der Waals surface area contributed by atoms with E-state index in [1.807, 2.05) is 0 Å². The number of hydrogen-bond acceptors (Lipinski definition) is 11. The minimum absolute atomic E-state index is 0.0368. The molecule has 0 heterocycles. The molecule has 49 heavy (non-hydrogen) atoms. The van der Waals surface area contributed by atoms with Crippen molar-refractivity contribution in [3.63, 3.8) is 0 Å². The molecule has 3 unspecified atom stereocenters. The Morgan fingerprint density at radius 1 is 0.531 bits per heavy atom. The SMILES string of the molecule is CC(C)CCCCCC(S)C(=O)[O-].CC(C)CCCCCC(S)C(=O)[O-].CC(C)CCCCCC(S)C(=O)[O-].CCCCOC(=O)C[CH2][Sn+3]. The molecular weight excluding hydrogens is 787 g/mol. The maximum atomic E-state index is 10.7. The van der Waals surface area contributed by atoms with Crippen LogP contribution in [0.4, 0.5) is 0 Å². The van der Waals surface area contributed by atoms with Crippen LogP contribution in [0.1, 0.15) is 164 Å². The van der Waals surface area contributed by atoms with Gasteiger partial charge in [-0.2, -0.15) is 37.9 Å². The number of carbonyl (C=O) groups excluding carboxylic acids is 4. The van der Waals surface area contributed by atoms with Crippen LogP contribution in [-0.4, -0.2) is 68.8 Å². The van der Waals surface area contributed by atoms with E-state index in [0.717, 1.165) is 73.6 Å². The summed E-state index contributed by atoms with van der Waals surface area (Å²) >= 11 is 13.1. The van der Waals surface area contributed by atoms with E-state index in [1.165, 1.54) is 61.0 Å². The number of aliphatic carboxylic acids is 3. The third-order valence-electron chi connectivity index (χ3n) is 7.18. The molecule has 0 fully saturated rings. The Morgan fingerprint density at radius 2 is 0.816 bits per heavy atom. The Balaban J connectivity index is -0.000000277. The molecule has 0 aliphatic carbocycles. The van der Waals surface area contributed by atoms with E-state index >= 15 is 0 Å². The van der Waals surface area contributed by atoms with Crippen LogP contribution in [0.15, 0.2) is 0 Å². The Bertz CT molecular complexity index is 704. The average Bonchev–Trinajstić information content (AvgIpc) is 3.00. The summed E-state index contributed by atoms with van der Waals surface area (Å²) in [6.45, 7) is 15.9. The fraction of sp³-hybridized carbons (Fsp3) is 0.892. The number of unbranched alkanes of at least 4 members (excludes halogenated alkanes) is 7. The molecule has 3 atom stereocenters. The van der Waals surface area contributed by atoms with E-state index in [2.05, 4.69) is 86.4 Å². The van der Waals surface area contributed by atoms with Crippen LogP contribution in [0.3, 0.4) is 0 Å². The van der Waals surface area contributed by atoms with Crippen molar-refractivity contribution in [2.75, 3.05) is 6.61 Å². The summed E-state index contributed by atoms with van der Waals surface area (Å²) in [6.07, 6.45) is 17.9. The number of hydrogen-bond donors (Lipinski definition) is 3. The monoisotopic (exact) mass is 858 g/mol. The topological polar surface area (TPSA) is 147 Å². The van der Waals surface area contributed by atoms with Gasteiger partial charge in [0.25, 0.3) is 0 Å². The van der Waals surface area contributed by atoms with Crippen LogP contribution in [0.2, 0.25) is 4.44 Å². The van der Waals surface area contributed by atoms with Crippen LogP contribution in [0.5, 0.6) is 0 Å². The zero-order valence-electron chi connectivity index (χ0n) is 31.7. The van der Waals surface area contributed by atoms with E-state index in [9.17, 15) is 34.5 Å². The summed E-state index contributed by atoms with van der Waals surface area (Å²) in [4.78, 5) is 41.6. The summed E-state index contributed by atoms with van der Waals surface area (Å²) in [6, 6.07) is 0. The fourth-order valence-corrected chi connectivity index (χ4v) is 5.19. The van der Waals surface area contributed by atoms with Gasteiger partial charge in [0.2, 0.25) is 0 Å². The molecule has 0 aliphatic heterocycles. The molecule has 0 amide bonds. The Labute approximate surface area is 330 Å². The molecule has 0 radical (unpaired) electrons. The molecule has 0 N–H and O–H groups in total. The van der Waals surface area contributed by atoms with Gasteiger partial charge >= 0.3 is 75.3 Å². The standard InChI is InChI=1S/3C10H20O2S.C7H13O2.Sn/c3*1-8(2)6-4-3-5-7-9(13)10(11)12;1-3-5-6-9-7(8)4-2;/h3*8-9,13H,3-7H2,1-2H3,(H,11,12);2-6H2,1H3;/q;;;;+3/p-3. The molecule has 0 bridgehead atoms. The van der Waals surface area contributed by atoms with Crippen molar-refractivity contribution in [3.05, 3.63) is 0 Å². The van der Waals surface area contributed by atoms with Gasteiger partial charge in [-0.3, -0.25) is 0 Å². The number of esters is 1. The van der Waals surface area contributed by atoms with Crippen molar-refractivity contribution in [3.8, 4) is 0 Å². The molecule has 0 spiro atoms. The molecule has 8 nitrogen and oxygen atoms in total. The Morgan fingerprint density at radius 3 is 1.04 bits per heavy atom. The van der Waals surface area contributed by atoms with Gasteiger partial charge in [0, 0.05) is 15.7 Å². The van der Waals surface area contributed by atoms with Gasteiger partial charge in [-0.05, 0) is 37.0 Å². The van der Waals surface area contributed by atoms with Crippen molar-refractivity contribution in [1.82, 2.24) is 0 Å². The number of ether oxygens (including phenoxy) is 1. The molecular formula is C37H70O8S3Sn. The number of carboxylic acids is 3. The number of rotatable bonds is 26. The molecule has 0 aliphatic rings. The van der Waals surface area contributed by atoms with Gasteiger partial charge in [-0.25, -0.2) is 0 Å². The van der Waals surface area contributed by atoms with Crippen molar-refractivity contribution in [2.45, 2.75) is 184 Å². The van der Waals surface area contributed by atoms with E-state index in [1.54, 1.807) is 0 Å². The number of thiol groups is 3. The first kappa shape index (κ1) is 55.5. The van der Waals surface area contributed by atoms with Crippen LogP contribution in [-0.2, 0) is 23.9 Å². The molecule has 0 aromatic carbocycles. The van der Waals surface area contributed by atoms with Crippen molar-refractivity contribution < 1.29 is 39.2 Å². The van der Waals surface area contributed by atoms with Crippen LogP contribution < -0.4 is 15.3 Å². The van der Waals surface area contributed by atoms with E-state index in [0.29, 0.717) is 32.3 Å². The second kappa shape index (κ2) is 40.5. The summed E-state index contributed by atoms with van der Waals surface area (Å²) in [5.74, 6) is -0.953. The predicted molar refractivity (Wildman–Crippen MR) is 208 cm³/mol. The maximum absolute atomic E-state index is 10.7. The van der Waals surface area contributed by atoms with E-state index in [-0.39, 0.29) is 5.97 Å². The molecule has 0 saturated heterocycles. The average molecular weight is 858 g/mol. The minimum atomic E-state index is -1.05. The quantitative estimate of drug-likeness (QED) is 0.0402. The summed E-state index contributed by atoms with van der Waals surface area (Å²) < 4.78 is 5.87. The van der Waals surface area contributed by atoms with Gasteiger partial charge in [0.1, 0.15) is 0 Å². The van der Waals surface area contributed by atoms with Crippen LogP contribution in [0.25, 0.3) is 0 Å². The Hall–Kier alpha value is -0.271. The molecule has 0 saturated carbocycles. The second-order valence-corrected chi connectivity index (χ2v) is 17.0. The van der Waals surface area contributed by atoms with E-state index < -0.39 is 33.7 Å². The molecule has 0 rings (SSSR count). The predicted octanol–water partition coefficient (Wildman–Crippen LogP) is 6.23. The molecule has 12 heteroatoms. The number of carbonyl (C=O) groups is 4. The molecule has 288 valence electrons. The van der Waals surface area contributed by atoms with E-state index in [4.69, 9.17) is 4.74 Å². The summed E-state index contributed by atoms with van der Waals surface area (Å²) in [5, 5.41) is 29.1. The van der Waals surface area contributed by atoms with Gasteiger partial charge in [0.05, 0.1) is 17.9 Å². The van der Waals surface area contributed by atoms with Gasteiger partial charge in [-0.15, -0.1) is 0 Å². The first-order valence-corrected chi connectivity index (χ1v) is 22.0. The van der Waals surface area contributed by atoms with Crippen molar-refractivity contribution >= 4 is 84.3 Å². The first-order chi connectivity index (χ1) is 22.9. The van der Waals surface area contributed by atoms with Crippen LogP contribution in [0, 0.1) is 17.8 Å². The van der Waals surface area contributed by atoms with Crippen molar-refractivity contribution in [1.29, 1.82) is 0 Å².